The zero-order chi connectivity index (χ0) is 12.5. The smallest absolute Gasteiger partial charge is 0.0741 e. The summed E-state index contributed by atoms with van der Waals surface area (Å²) in [6.45, 7) is 4.84. The van der Waals surface area contributed by atoms with Crippen LogP contribution in [0.15, 0.2) is 0 Å². The summed E-state index contributed by atoms with van der Waals surface area (Å²) >= 11 is 0. The van der Waals surface area contributed by atoms with E-state index in [0.717, 1.165) is 44.9 Å². The standard InChI is InChI=1S/C14H27NO2/c1-3-7-14(16,8-4-2)13(10-15)9-11-5-6-12(13)17-11/h11-12,16H,3-10,15H2,1-2H3. The minimum Gasteiger partial charge on any atom is -0.389 e. The fourth-order valence-corrected chi connectivity index (χ4v) is 4.14. The highest BCUT2D eigenvalue weighted by Crippen LogP contribution is 2.55. The van der Waals surface area contributed by atoms with Crippen LogP contribution in [0, 0.1) is 5.41 Å². The van der Waals surface area contributed by atoms with E-state index in [-0.39, 0.29) is 11.5 Å². The minimum absolute atomic E-state index is 0.179. The summed E-state index contributed by atoms with van der Waals surface area (Å²) in [5.74, 6) is 0. The molecule has 2 aliphatic heterocycles. The molecule has 0 spiro atoms. The van der Waals surface area contributed by atoms with E-state index in [2.05, 4.69) is 13.8 Å². The van der Waals surface area contributed by atoms with Crippen LogP contribution < -0.4 is 5.73 Å². The monoisotopic (exact) mass is 241 g/mol. The molecule has 0 aromatic heterocycles. The molecular formula is C14H27NO2. The molecule has 2 fully saturated rings. The van der Waals surface area contributed by atoms with Gasteiger partial charge >= 0.3 is 0 Å². The van der Waals surface area contributed by atoms with Gasteiger partial charge in [0.05, 0.1) is 17.8 Å². The molecule has 0 radical (unpaired) electrons. The zero-order valence-corrected chi connectivity index (χ0v) is 11.2. The molecule has 3 unspecified atom stereocenters. The van der Waals surface area contributed by atoms with E-state index < -0.39 is 5.60 Å². The largest absolute Gasteiger partial charge is 0.389 e. The van der Waals surface area contributed by atoms with Gasteiger partial charge in [-0.25, -0.2) is 0 Å². The van der Waals surface area contributed by atoms with Gasteiger partial charge < -0.3 is 15.6 Å². The molecule has 0 aliphatic carbocycles. The first-order valence-electron chi connectivity index (χ1n) is 7.20. The molecule has 3 heteroatoms. The molecule has 2 saturated heterocycles. The lowest BCUT2D eigenvalue weighted by molar-refractivity contribution is -0.122. The summed E-state index contributed by atoms with van der Waals surface area (Å²) < 4.78 is 5.98. The Bertz CT molecular complexity index is 263. The van der Waals surface area contributed by atoms with Crippen molar-refractivity contribution in [3.63, 3.8) is 0 Å². The van der Waals surface area contributed by atoms with Gasteiger partial charge in [0.15, 0.2) is 0 Å². The summed E-state index contributed by atoms with van der Waals surface area (Å²) in [5, 5.41) is 11.1. The summed E-state index contributed by atoms with van der Waals surface area (Å²) in [7, 11) is 0. The van der Waals surface area contributed by atoms with Crippen LogP contribution in [0.3, 0.4) is 0 Å². The molecule has 2 aliphatic rings. The predicted molar refractivity (Wildman–Crippen MR) is 68.8 cm³/mol. The SMILES string of the molecule is CCCC(O)(CCC)C1(CN)CC2CCC1O2. The van der Waals surface area contributed by atoms with E-state index >= 15 is 0 Å². The Kier molecular flexibility index (Phi) is 3.81. The molecule has 3 atom stereocenters. The van der Waals surface area contributed by atoms with Crippen LogP contribution in [0.4, 0.5) is 0 Å². The molecule has 0 aromatic rings. The average Bonchev–Trinajstić information content (AvgIpc) is 2.89. The molecular weight excluding hydrogens is 214 g/mol. The highest BCUT2D eigenvalue weighted by Gasteiger charge is 2.61. The van der Waals surface area contributed by atoms with Gasteiger partial charge in [-0.2, -0.15) is 0 Å². The molecule has 2 rings (SSSR count). The quantitative estimate of drug-likeness (QED) is 0.749. The maximum atomic E-state index is 11.1. The fourth-order valence-electron chi connectivity index (χ4n) is 4.14. The van der Waals surface area contributed by atoms with Gasteiger partial charge in [-0.1, -0.05) is 26.7 Å². The molecule has 17 heavy (non-hydrogen) atoms. The van der Waals surface area contributed by atoms with E-state index in [1.165, 1.54) is 0 Å². The third-order valence-corrected chi connectivity index (χ3v) is 4.93. The molecule has 0 amide bonds. The van der Waals surface area contributed by atoms with Crippen molar-refractivity contribution >= 4 is 0 Å². The number of hydrogen-bond acceptors (Lipinski definition) is 3. The van der Waals surface area contributed by atoms with Crippen molar-refractivity contribution in [3.05, 3.63) is 0 Å². The summed E-state index contributed by atoms with van der Waals surface area (Å²) in [6.07, 6.45) is 7.47. The van der Waals surface area contributed by atoms with Crippen molar-refractivity contribution in [2.45, 2.75) is 76.6 Å². The molecule has 3 nitrogen and oxygen atoms in total. The van der Waals surface area contributed by atoms with Crippen LogP contribution in [0.5, 0.6) is 0 Å². The predicted octanol–water partition coefficient (Wildman–Crippen LogP) is 2.21. The van der Waals surface area contributed by atoms with Gasteiger partial charge in [-0.15, -0.1) is 0 Å². The molecule has 0 saturated carbocycles. The molecule has 100 valence electrons. The maximum Gasteiger partial charge on any atom is 0.0741 e. The first-order valence-corrected chi connectivity index (χ1v) is 7.20. The zero-order valence-electron chi connectivity index (χ0n) is 11.2. The first kappa shape index (κ1) is 13.3. The second kappa shape index (κ2) is 4.87. The van der Waals surface area contributed by atoms with Crippen LogP contribution in [-0.4, -0.2) is 29.5 Å². The van der Waals surface area contributed by atoms with Crippen molar-refractivity contribution in [1.82, 2.24) is 0 Å². The maximum absolute atomic E-state index is 11.1. The minimum atomic E-state index is -0.620. The van der Waals surface area contributed by atoms with E-state index in [9.17, 15) is 5.11 Å². The van der Waals surface area contributed by atoms with Crippen LogP contribution in [0.2, 0.25) is 0 Å². The highest BCUT2D eigenvalue weighted by molar-refractivity contribution is 5.11. The lowest BCUT2D eigenvalue weighted by atomic mass is 9.60. The van der Waals surface area contributed by atoms with Crippen molar-refractivity contribution in [1.29, 1.82) is 0 Å². The lowest BCUT2D eigenvalue weighted by Gasteiger charge is -2.48. The second-order valence-corrected chi connectivity index (χ2v) is 5.92. The Hall–Kier alpha value is -0.120. The van der Waals surface area contributed by atoms with Crippen molar-refractivity contribution < 1.29 is 9.84 Å². The van der Waals surface area contributed by atoms with Gasteiger partial charge in [-0.05, 0) is 32.1 Å². The summed E-state index contributed by atoms with van der Waals surface area (Å²) in [6, 6.07) is 0. The van der Waals surface area contributed by atoms with Gasteiger partial charge in [-0.3, -0.25) is 0 Å². The van der Waals surface area contributed by atoms with Gasteiger partial charge in [0.25, 0.3) is 0 Å². The van der Waals surface area contributed by atoms with Crippen LogP contribution in [-0.2, 0) is 4.74 Å². The third-order valence-electron chi connectivity index (χ3n) is 4.93. The summed E-state index contributed by atoms with van der Waals surface area (Å²) in [5.41, 5.74) is 5.26. The number of hydrogen-bond donors (Lipinski definition) is 2. The average molecular weight is 241 g/mol. The van der Waals surface area contributed by atoms with Crippen LogP contribution >= 0.6 is 0 Å². The van der Waals surface area contributed by atoms with E-state index in [0.29, 0.717) is 12.6 Å². The Balaban J connectivity index is 2.25. The number of ether oxygens (including phenoxy) is 1. The highest BCUT2D eigenvalue weighted by atomic mass is 16.5. The number of aliphatic hydroxyl groups is 1. The Morgan fingerprint density at radius 3 is 2.29 bits per heavy atom. The van der Waals surface area contributed by atoms with E-state index in [1.807, 2.05) is 0 Å². The van der Waals surface area contributed by atoms with Crippen molar-refractivity contribution in [2.75, 3.05) is 6.54 Å². The second-order valence-electron chi connectivity index (χ2n) is 5.92. The van der Waals surface area contributed by atoms with Crippen molar-refractivity contribution in [2.24, 2.45) is 11.1 Å². The topological polar surface area (TPSA) is 55.5 Å². The van der Waals surface area contributed by atoms with Crippen LogP contribution in [0.1, 0.15) is 58.8 Å². The molecule has 3 N–H and O–H groups in total. The molecule has 2 heterocycles. The van der Waals surface area contributed by atoms with Crippen molar-refractivity contribution in [3.8, 4) is 0 Å². The Morgan fingerprint density at radius 2 is 1.94 bits per heavy atom. The third kappa shape index (κ3) is 1.92. The Morgan fingerprint density at radius 1 is 1.29 bits per heavy atom. The van der Waals surface area contributed by atoms with Gasteiger partial charge in [0.2, 0.25) is 0 Å². The number of rotatable bonds is 6. The molecule has 0 aromatic carbocycles. The van der Waals surface area contributed by atoms with Crippen LogP contribution in [0.25, 0.3) is 0 Å². The fraction of sp³-hybridized carbons (Fsp3) is 1.00. The number of fused-ring (bicyclic) bond motifs is 2. The molecule has 2 bridgehead atoms. The van der Waals surface area contributed by atoms with Gasteiger partial charge in [0.1, 0.15) is 0 Å². The first-order chi connectivity index (χ1) is 8.12. The summed E-state index contributed by atoms with van der Waals surface area (Å²) in [4.78, 5) is 0. The van der Waals surface area contributed by atoms with E-state index in [4.69, 9.17) is 10.5 Å². The lowest BCUT2D eigenvalue weighted by Crippen LogP contribution is -2.57. The Labute approximate surface area is 105 Å². The number of nitrogens with two attached hydrogens (primary N) is 1. The van der Waals surface area contributed by atoms with Gasteiger partial charge in [0, 0.05) is 12.0 Å². The van der Waals surface area contributed by atoms with E-state index in [1.54, 1.807) is 0 Å². The normalized spacial score (nSPS) is 36.7.